The van der Waals surface area contributed by atoms with Crippen LogP contribution in [0.2, 0.25) is 0 Å². The van der Waals surface area contributed by atoms with E-state index in [2.05, 4.69) is 10.3 Å². The minimum atomic E-state index is -0.246. The summed E-state index contributed by atoms with van der Waals surface area (Å²) in [5.41, 5.74) is 2.29. The van der Waals surface area contributed by atoms with Crippen molar-refractivity contribution in [1.82, 2.24) is 10.3 Å². The van der Waals surface area contributed by atoms with Crippen molar-refractivity contribution in [2.75, 3.05) is 6.54 Å². The summed E-state index contributed by atoms with van der Waals surface area (Å²) < 4.78 is 13.8. The van der Waals surface area contributed by atoms with E-state index in [4.69, 9.17) is 0 Å². The summed E-state index contributed by atoms with van der Waals surface area (Å²) in [7, 11) is 0. The highest BCUT2D eigenvalue weighted by Gasteiger charge is 2.13. The van der Waals surface area contributed by atoms with E-state index in [1.807, 2.05) is 30.3 Å². The largest absolute Gasteiger partial charge is 0.352 e. The molecule has 132 valence electrons. The minimum Gasteiger partial charge on any atom is -0.352 e. The zero-order valence-corrected chi connectivity index (χ0v) is 15.0. The van der Waals surface area contributed by atoms with Gasteiger partial charge in [-0.1, -0.05) is 48.5 Å². The Morgan fingerprint density at radius 1 is 1.00 bits per heavy atom. The molecule has 0 radical (unpaired) electrons. The maximum absolute atomic E-state index is 13.8. The third kappa shape index (κ3) is 4.92. The first-order valence-electron chi connectivity index (χ1n) is 8.37. The number of nitrogens with zero attached hydrogens (tertiary/aromatic N) is 1. The number of amides is 1. The second-order valence-electron chi connectivity index (χ2n) is 5.73. The van der Waals surface area contributed by atoms with Gasteiger partial charge in [-0.25, -0.2) is 9.37 Å². The SMILES string of the molecule is O=C(NCCc1ccccc1)c1cccnc1SCc1ccccc1F. The van der Waals surface area contributed by atoms with Gasteiger partial charge in [0.1, 0.15) is 10.8 Å². The zero-order chi connectivity index (χ0) is 18.2. The number of hydrogen-bond donors (Lipinski definition) is 1. The number of nitrogens with one attached hydrogen (secondary N) is 1. The van der Waals surface area contributed by atoms with Gasteiger partial charge < -0.3 is 5.32 Å². The first-order valence-corrected chi connectivity index (χ1v) is 9.36. The summed E-state index contributed by atoms with van der Waals surface area (Å²) in [6, 6.07) is 20.1. The molecule has 0 atom stereocenters. The fourth-order valence-corrected chi connectivity index (χ4v) is 3.48. The molecule has 2 aromatic carbocycles. The average molecular weight is 366 g/mol. The lowest BCUT2D eigenvalue weighted by Gasteiger charge is -2.09. The monoisotopic (exact) mass is 366 g/mol. The van der Waals surface area contributed by atoms with Crippen molar-refractivity contribution in [2.24, 2.45) is 0 Å². The molecule has 3 rings (SSSR count). The van der Waals surface area contributed by atoms with Crippen LogP contribution in [0.1, 0.15) is 21.5 Å². The van der Waals surface area contributed by atoms with Crippen molar-refractivity contribution in [3.63, 3.8) is 0 Å². The highest BCUT2D eigenvalue weighted by molar-refractivity contribution is 7.98. The third-order valence-corrected chi connectivity index (χ3v) is 4.93. The number of pyridine rings is 1. The maximum atomic E-state index is 13.8. The second-order valence-corrected chi connectivity index (χ2v) is 6.69. The average Bonchev–Trinajstić information content (AvgIpc) is 2.68. The number of hydrogen-bond acceptors (Lipinski definition) is 3. The van der Waals surface area contributed by atoms with Crippen LogP contribution in [0.15, 0.2) is 78.0 Å². The molecule has 0 aliphatic carbocycles. The maximum Gasteiger partial charge on any atom is 0.254 e. The summed E-state index contributed by atoms with van der Waals surface area (Å²) >= 11 is 1.36. The minimum absolute atomic E-state index is 0.162. The molecule has 0 spiro atoms. The van der Waals surface area contributed by atoms with E-state index in [1.54, 1.807) is 36.5 Å². The molecule has 1 aromatic heterocycles. The summed E-state index contributed by atoms with van der Waals surface area (Å²) in [4.78, 5) is 16.8. The van der Waals surface area contributed by atoms with Crippen LogP contribution in [-0.4, -0.2) is 17.4 Å². The van der Waals surface area contributed by atoms with Crippen molar-refractivity contribution in [3.8, 4) is 0 Å². The van der Waals surface area contributed by atoms with E-state index in [0.717, 1.165) is 6.42 Å². The number of thioether (sulfide) groups is 1. The lowest BCUT2D eigenvalue weighted by atomic mass is 10.1. The standard InChI is InChI=1S/C21H19FN2OS/c22-19-11-5-4-9-17(19)15-26-21-18(10-6-13-24-21)20(25)23-14-12-16-7-2-1-3-8-16/h1-11,13H,12,14-15H2,(H,23,25). The lowest BCUT2D eigenvalue weighted by Crippen LogP contribution is -2.26. The van der Waals surface area contributed by atoms with Crippen LogP contribution < -0.4 is 5.32 Å². The van der Waals surface area contributed by atoms with Crippen molar-refractivity contribution in [2.45, 2.75) is 17.2 Å². The van der Waals surface area contributed by atoms with Gasteiger partial charge in [-0.05, 0) is 35.7 Å². The number of halogens is 1. The van der Waals surface area contributed by atoms with Crippen LogP contribution >= 0.6 is 11.8 Å². The third-order valence-electron chi connectivity index (χ3n) is 3.88. The van der Waals surface area contributed by atoms with E-state index >= 15 is 0 Å². The van der Waals surface area contributed by atoms with Crippen molar-refractivity contribution in [3.05, 3.63) is 95.4 Å². The Kier molecular flexibility index (Phi) is 6.39. The number of carbonyl (C=O) groups is 1. The van der Waals surface area contributed by atoms with Gasteiger partial charge in [0, 0.05) is 18.5 Å². The summed E-state index contributed by atoms with van der Waals surface area (Å²) in [6.45, 7) is 0.551. The van der Waals surface area contributed by atoms with E-state index in [9.17, 15) is 9.18 Å². The molecule has 1 amide bonds. The first-order chi connectivity index (χ1) is 12.7. The van der Waals surface area contributed by atoms with Gasteiger partial charge in [-0.3, -0.25) is 4.79 Å². The molecular formula is C21H19FN2OS. The Hall–Kier alpha value is -2.66. The smallest absolute Gasteiger partial charge is 0.254 e. The van der Waals surface area contributed by atoms with E-state index < -0.39 is 0 Å². The molecule has 3 aromatic rings. The van der Waals surface area contributed by atoms with E-state index in [-0.39, 0.29) is 11.7 Å². The Labute approximate surface area is 156 Å². The van der Waals surface area contributed by atoms with Crippen LogP contribution in [0, 0.1) is 5.82 Å². The highest BCUT2D eigenvalue weighted by Crippen LogP contribution is 2.25. The lowest BCUT2D eigenvalue weighted by molar-refractivity contribution is 0.0950. The van der Waals surface area contributed by atoms with Gasteiger partial charge in [0.2, 0.25) is 0 Å². The fourth-order valence-electron chi connectivity index (χ4n) is 2.50. The highest BCUT2D eigenvalue weighted by atomic mass is 32.2. The molecular weight excluding hydrogens is 347 g/mol. The van der Waals surface area contributed by atoms with Gasteiger partial charge in [-0.15, -0.1) is 11.8 Å². The van der Waals surface area contributed by atoms with Crippen LogP contribution in [0.4, 0.5) is 4.39 Å². The molecule has 3 nitrogen and oxygen atoms in total. The van der Waals surface area contributed by atoms with Gasteiger partial charge in [0.25, 0.3) is 5.91 Å². The molecule has 1 heterocycles. The normalized spacial score (nSPS) is 10.5. The molecule has 0 saturated carbocycles. The topological polar surface area (TPSA) is 42.0 Å². The second kappa shape index (κ2) is 9.15. The summed E-state index contributed by atoms with van der Waals surface area (Å²) in [6.07, 6.45) is 2.41. The Morgan fingerprint density at radius 3 is 2.58 bits per heavy atom. The molecule has 0 aliphatic rings. The zero-order valence-electron chi connectivity index (χ0n) is 14.2. The van der Waals surface area contributed by atoms with Crippen LogP contribution in [-0.2, 0) is 12.2 Å². The fraction of sp³-hybridized carbons (Fsp3) is 0.143. The molecule has 5 heteroatoms. The van der Waals surface area contributed by atoms with Crippen LogP contribution in [0.25, 0.3) is 0 Å². The van der Waals surface area contributed by atoms with E-state index in [0.29, 0.717) is 28.5 Å². The predicted molar refractivity (Wildman–Crippen MR) is 103 cm³/mol. The van der Waals surface area contributed by atoms with Crippen LogP contribution in [0.3, 0.4) is 0 Å². The van der Waals surface area contributed by atoms with E-state index in [1.165, 1.54) is 23.4 Å². The Bertz CT molecular complexity index is 871. The number of carbonyl (C=O) groups excluding carboxylic acids is 1. The Morgan fingerprint density at radius 2 is 1.77 bits per heavy atom. The molecule has 0 bridgehead atoms. The molecule has 0 aliphatic heterocycles. The number of benzene rings is 2. The van der Waals surface area contributed by atoms with Crippen molar-refractivity contribution >= 4 is 17.7 Å². The molecule has 1 N–H and O–H groups in total. The number of aromatic nitrogens is 1. The quantitative estimate of drug-likeness (QED) is 0.627. The van der Waals surface area contributed by atoms with Crippen LogP contribution in [0.5, 0.6) is 0 Å². The Balaban J connectivity index is 1.61. The molecule has 0 fully saturated rings. The molecule has 0 saturated heterocycles. The summed E-state index contributed by atoms with van der Waals surface area (Å²) in [5, 5.41) is 3.54. The first kappa shape index (κ1) is 18.1. The van der Waals surface area contributed by atoms with Gasteiger partial charge >= 0.3 is 0 Å². The van der Waals surface area contributed by atoms with Gasteiger partial charge in [0.15, 0.2) is 0 Å². The molecule has 26 heavy (non-hydrogen) atoms. The van der Waals surface area contributed by atoms with Crippen molar-refractivity contribution in [1.29, 1.82) is 0 Å². The van der Waals surface area contributed by atoms with Gasteiger partial charge in [-0.2, -0.15) is 0 Å². The molecule has 0 unspecified atom stereocenters. The predicted octanol–water partition coefficient (Wildman–Crippen LogP) is 4.49. The van der Waals surface area contributed by atoms with Crippen molar-refractivity contribution < 1.29 is 9.18 Å². The number of rotatable bonds is 7. The van der Waals surface area contributed by atoms with Gasteiger partial charge in [0.05, 0.1) is 5.56 Å². The summed E-state index contributed by atoms with van der Waals surface area (Å²) in [5.74, 6) is 0.0170.